The number of phenolic OH excluding ortho intramolecular Hbond substituents is 1. The second-order valence-electron chi connectivity index (χ2n) is 8.00. The summed E-state index contributed by atoms with van der Waals surface area (Å²) in [5.41, 5.74) is 3.83. The van der Waals surface area contributed by atoms with Crippen molar-refractivity contribution in [3.8, 4) is 5.75 Å². The molecule has 1 aliphatic heterocycles. The van der Waals surface area contributed by atoms with Gasteiger partial charge in [0.1, 0.15) is 5.75 Å². The summed E-state index contributed by atoms with van der Waals surface area (Å²) in [6, 6.07) is 4.73. The third kappa shape index (κ3) is 4.30. The van der Waals surface area contributed by atoms with E-state index in [-0.39, 0.29) is 12.0 Å². The lowest BCUT2D eigenvalue weighted by Gasteiger charge is -2.56. The van der Waals surface area contributed by atoms with Gasteiger partial charge in [-0.05, 0) is 61.4 Å². The number of piperidine rings is 1. The molecule has 2 fully saturated rings. The minimum absolute atomic E-state index is 0.0761. The third-order valence-electron chi connectivity index (χ3n) is 6.43. The Bertz CT molecular complexity index is 752. The van der Waals surface area contributed by atoms with Gasteiger partial charge in [-0.1, -0.05) is 12.8 Å². The fourth-order valence-corrected chi connectivity index (χ4v) is 5.30. The highest BCUT2D eigenvalue weighted by Crippen LogP contribution is 2.55. The van der Waals surface area contributed by atoms with Crippen molar-refractivity contribution in [3.63, 3.8) is 0 Å². The summed E-state index contributed by atoms with van der Waals surface area (Å²) in [7, 11) is 0. The highest BCUT2D eigenvalue weighted by molar-refractivity contribution is 5.73. The van der Waals surface area contributed by atoms with Gasteiger partial charge in [0.05, 0.1) is 12.3 Å². The van der Waals surface area contributed by atoms with Gasteiger partial charge in [-0.2, -0.15) is 13.2 Å². The SMILES string of the molecule is O=C(O)C(F)(F)F.OCCNc1cc2c(cc1O)[C@]13CCCC[C@@H]1[C@H](C2)NCC3. The Morgan fingerprint density at radius 1 is 1.28 bits per heavy atom. The van der Waals surface area contributed by atoms with Crippen LogP contribution in [0.5, 0.6) is 5.75 Å². The number of nitrogens with one attached hydrogen (secondary N) is 2. The molecule has 29 heavy (non-hydrogen) atoms. The van der Waals surface area contributed by atoms with Gasteiger partial charge in [0.25, 0.3) is 0 Å². The van der Waals surface area contributed by atoms with Crippen molar-refractivity contribution < 1.29 is 33.3 Å². The molecule has 0 spiro atoms. The van der Waals surface area contributed by atoms with Crippen LogP contribution in [0.15, 0.2) is 12.1 Å². The summed E-state index contributed by atoms with van der Waals surface area (Å²) < 4.78 is 31.7. The largest absolute Gasteiger partial charge is 0.506 e. The number of anilines is 1. The van der Waals surface area contributed by atoms with Gasteiger partial charge in [0.15, 0.2) is 0 Å². The van der Waals surface area contributed by atoms with E-state index in [1.54, 1.807) is 0 Å². The van der Waals surface area contributed by atoms with E-state index >= 15 is 0 Å². The van der Waals surface area contributed by atoms with E-state index in [0.717, 1.165) is 24.6 Å². The van der Waals surface area contributed by atoms with E-state index in [4.69, 9.17) is 15.0 Å². The number of phenols is 1. The number of benzene rings is 1. The first-order chi connectivity index (χ1) is 13.7. The Balaban J connectivity index is 0.000000298. The van der Waals surface area contributed by atoms with Crippen LogP contribution in [-0.2, 0) is 16.6 Å². The zero-order chi connectivity index (χ0) is 21.2. The lowest BCUT2D eigenvalue weighted by atomic mass is 9.53. The van der Waals surface area contributed by atoms with Gasteiger partial charge in [0, 0.05) is 18.0 Å². The number of halogens is 3. The predicted molar refractivity (Wildman–Crippen MR) is 101 cm³/mol. The average Bonchev–Trinajstić information content (AvgIpc) is 2.67. The second-order valence-corrected chi connectivity index (χ2v) is 8.00. The van der Waals surface area contributed by atoms with Crippen LogP contribution in [0.1, 0.15) is 43.2 Å². The number of hydrogen-bond donors (Lipinski definition) is 5. The van der Waals surface area contributed by atoms with Crippen LogP contribution in [0.3, 0.4) is 0 Å². The first kappa shape index (κ1) is 21.7. The number of aromatic hydroxyl groups is 1. The van der Waals surface area contributed by atoms with Crippen LogP contribution in [0, 0.1) is 5.92 Å². The number of fused-ring (bicyclic) bond motifs is 1. The number of carbonyl (C=O) groups is 1. The number of rotatable bonds is 3. The van der Waals surface area contributed by atoms with Crippen LogP contribution in [-0.4, -0.2) is 53.2 Å². The Hall–Kier alpha value is -2.00. The normalized spacial score (nSPS) is 27.7. The third-order valence-corrected chi connectivity index (χ3v) is 6.43. The van der Waals surface area contributed by atoms with E-state index in [9.17, 15) is 18.3 Å². The highest BCUT2D eigenvalue weighted by atomic mass is 19.4. The zero-order valence-electron chi connectivity index (χ0n) is 16.1. The van der Waals surface area contributed by atoms with E-state index < -0.39 is 12.1 Å². The molecule has 2 bridgehead atoms. The van der Waals surface area contributed by atoms with Crippen molar-refractivity contribution in [2.75, 3.05) is 25.0 Å². The maximum absolute atomic E-state index is 10.6. The van der Waals surface area contributed by atoms with Crippen LogP contribution in [0.4, 0.5) is 18.9 Å². The molecule has 1 saturated carbocycles. The van der Waals surface area contributed by atoms with Gasteiger partial charge in [0.2, 0.25) is 0 Å². The first-order valence-corrected chi connectivity index (χ1v) is 9.93. The molecule has 2 aliphatic carbocycles. The molecular weight excluding hydrogens is 389 g/mol. The summed E-state index contributed by atoms with van der Waals surface area (Å²) in [6.07, 6.45) is 2.43. The molecule has 5 N–H and O–H groups in total. The zero-order valence-corrected chi connectivity index (χ0v) is 16.1. The Labute approximate surface area is 167 Å². The summed E-state index contributed by atoms with van der Waals surface area (Å²) in [4.78, 5) is 8.90. The highest BCUT2D eigenvalue weighted by Gasteiger charge is 2.51. The standard InChI is InChI=1S/C18H26N2O2.C2HF3O2/c21-8-7-20-16-10-12-9-15-13-3-1-2-4-18(13,5-6-19-15)14(12)11-17(16)22;3-2(4,5)1(6)7/h10-11,13,15,19-22H,1-9H2;(H,6,7)/t13-,15+,18+;/m1./s1. The van der Waals surface area contributed by atoms with Crippen LogP contribution in [0.2, 0.25) is 0 Å². The molecule has 0 amide bonds. The lowest BCUT2D eigenvalue weighted by molar-refractivity contribution is -0.192. The van der Waals surface area contributed by atoms with E-state index in [1.807, 2.05) is 6.07 Å². The number of aliphatic hydroxyl groups excluding tert-OH is 1. The molecular formula is C20H27F3N2O4. The number of carboxylic acids is 1. The van der Waals surface area contributed by atoms with Crippen molar-refractivity contribution >= 4 is 11.7 Å². The fourth-order valence-electron chi connectivity index (χ4n) is 5.30. The van der Waals surface area contributed by atoms with E-state index in [2.05, 4.69) is 16.7 Å². The summed E-state index contributed by atoms with van der Waals surface area (Å²) in [5.74, 6) is -1.69. The average molecular weight is 416 g/mol. The van der Waals surface area contributed by atoms with Crippen LogP contribution in [0.25, 0.3) is 0 Å². The topological polar surface area (TPSA) is 102 Å². The van der Waals surface area contributed by atoms with Crippen molar-refractivity contribution in [1.82, 2.24) is 5.32 Å². The van der Waals surface area contributed by atoms with Crippen molar-refractivity contribution in [1.29, 1.82) is 0 Å². The predicted octanol–water partition coefficient (Wildman–Crippen LogP) is 2.78. The van der Waals surface area contributed by atoms with E-state index in [0.29, 0.717) is 18.3 Å². The van der Waals surface area contributed by atoms with Gasteiger partial charge in [-0.25, -0.2) is 4.79 Å². The van der Waals surface area contributed by atoms with Gasteiger partial charge >= 0.3 is 12.1 Å². The molecule has 1 aromatic rings. The lowest BCUT2D eigenvalue weighted by Crippen LogP contribution is -2.59. The molecule has 0 radical (unpaired) electrons. The molecule has 162 valence electrons. The Morgan fingerprint density at radius 2 is 2.00 bits per heavy atom. The molecule has 1 saturated heterocycles. The van der Waals surface area contributed by atoms with Crippen molar-refractivity contribution in [2.45, 2.75) is 56.2 Å². The fraction of sp³-hybridized carbons (Fsp3) is 0.650. The Morgan fingerprint density at radius 3 is 2.66 bits per heavy atom. The number of aliphatic carboxylic acids is 1. The Kier molecular flexibility index (Phi) is 6.28. The summed E-state index contributed by atoms with van der Waals surface area (Å²) in [6.45, 7) is 1.65. The van der Waals surface area contributed by atoms with Gasteiger partial charge in [-0.3, -0.25) is 0 Å². The molecule has 1 aromatic carbocycles. The molecule has 6 nitrogen and oxygen atoms in total. The number of aliphatic hydroxyl groups is 1. The van der Waals surface area contributed by atoms with Crippen molar-refractivity contribution in [2.24, 2.45) is 5.92 Å². The molecule has 3 aliphatic rings. The number of alkyl halides is 3. The maximum Gasteiger partial charge on any atom is 0.490 e. The minimum atomic E-state index is -5.08. The summed E-state index contributed by atoms with van der Waals surface area (Å²) >= 11 is 0. The summed E-state index contributed by atoms with van der Waals surface area (Å²) in [5, 5.41) is 33.4. The minimum Gasteiger partial charge on any atom is -0.506 e. The molecule has 4 rings (SSSR count). The monoisotopic (exact) mass is 416 g/mol. The second kappa shape index (κ2) is 8.39. The van der Waals surface area contributed by atoms with Crippen LogP contribution >= 0.6 is 0 Å². The molecule has 9 heteroatoms. The van der Waals surface area contributed by atoms with Gasteiger partial charge in [-0.15, -0.1) is 0 Å². The molecule has 3 atom stereocenters. The molecule has 0 unspecified atom stereocenters. The first-order valence-electron chi connectivity index (χ1n) is 9.93. The molecule has 1 heterocycles. The smallest absolute Gasteiger partial charge is 0.490 e. The van der Waals surface area contributed by atoms with Crippen molar-refractivity contribution in [3.05, 3.63) is 23.3 Å². The quantitative estimate of drug-likeness (QED) is 0.486. The number of carboxylic acid groups (broad SMARTS) is 1. The van der Waals surface area contributed by atoms with Crippen LogP contribution < -0.4 is 10.6 Å². The van der Waals surface area contributed by atoms with E-state index in [1.165, 1.54) is 43.2 Å². The maximum atomic E-state index is 10.6. The number of hydrogen-bond acceptors (Lipinski definition) is 5. The van der Waals surface area contributed by atoms with Gasteiger partial charge < -0.3 is 26.0 Å². The molecule has 0 aromatic heterocycles.